The van der Waals surface area contributed by atoms with E-state index in [9.17, 15) is 22.4 Å². The number of alkyl halides is 6. The van der Waals surface area contributed by atoms with Gasteiger partial charge in [0.1, 0.15) is 18.4 Å². The molecule has 7 atom stereocenters. The number of amides is 1. The van der Waals surface area contributed by atoms with Crippen LogP contribution in [0.25, 0.3) is 0 Å². The molecule has 0 aromatic heterocycles. The van der Waals surface area contributed by atoms with Crippen molar-refractivity contribution >= 4 is 35.1 Å². The Morgan fingerprint density at radius 3 is 2.55 bits per heavy atom. The maximum atomic E-state index is 14.1. The predicted molar refractivity (Wildman–Crippen MR) is 121 cm³/mol. The molecule has 0 radical (unpaired) electrons. The number of nitrogens with one attached hydrogen (secondary N) is 3. The molecule has 1 amide bonds. The molecular formula is C21H31Cl2F4N5O. The first kappa shape index (κ1) is 26.5. The average molecular weight is 516 g/mol. The van der Waals surface area contributed by atoms with E-state index in [1.165, 1.54) is 11.1 Å². The first-order chi connectivity index (χ1) is 15.5. The Morgan fingerprint density at radius 2 is 1.91 bits per heavy atom. The van der Waals surface area contributed by atoms with E-state index in [1.807, 2.05) is 0 Å². The zero-order valence-electron chi connectivity index (χ0n) is 18.3. The van der Waals surface area contributed by atoms with E-state index < -0.39 is 30.6 Å². The third-order valence-electron chi connectivity index (χ3n) is 6.28. The second kappa shape index (κ2) is 11.6. The number of hydrogen-bond acceptors (Lipinski definition) is 4. The van der Waals surface area contributed by atoms with Crippen LogP contribution in [0.4, 0.5) is 17.6 Å². The first-order valence-corrected chi connectivity index (χ1v) is 12.2. The van der Waals surface area contributed by atoms with Gasteiger partial charge in [-0.1, -0.05) is 12.5 Å². The molecule has 2 aliphatic carbocycles. The first-order valence-electron chi connectivity index (χ1n) is 11.3. The number of halogens is 6. The van der Waals surface area contributed by atoms with Gasteiger partial charge < -0.3 is 5.32 Å². The third-order valence-corrected chi connectivity index (χ3v) is 7.04. The lowest BCUT2D eigenvalue weighted by Crippen LogP contribution is -2.51. The van der Waals surface area contributed by atoms with Crippen molar-refractivity contribution in [1.29, 1.82) is 0 Å². The molecule has 0 spiro atoms. The highest BCUT2D eigenvalue weighted by Gasteiger charge is 2.47. The smallest absolute Gasteiger partial charge is 0.353 e. The Labute approximate surface area is 201 Å². The highest BCUT2D eigenvalue weighted by atomic mass is 35.5. The molecule has 1 aliphatic heterocycles. The number of guanidine groups is 1. The van der Waals surface area contributed by atoms with Gasteiger partial charge in [-0.05, 0) is 38.5 Å². The summed E-state index contributed by atoms with van der Waals surface area (Å²) in [6, 6.07) is -2.17. The van der Waals surface area contributed by atoms with Crippen molar-refractivity contribution < 1.29 is 22.4 Å². The fourth-order valence-electron chi connectivity index (χ4n) is 4.66. The summed E-state index contributed by atoms with van der Waals surface area (Å²) in [5.41, 5.74) is 2.42. The Morgan fingerprint density at radius 1 is 1.15 bits per heavy atom. The van der Waals surface area contributed by atoms with Crippen molar-refractivity contribution in [3.8, 4) is 0 Å². The molecular weight excluding hydrogens is 485 g/mol. The van der Waals surface area contributed by atoms with Gasteiger partial charge in [-0.25, -0.2) is 19.8 Å². The standard InChI is InChI=1S/C21H31Cl2F4N5O/c1-2-6-32-18(11-17(31-32)21(25,26)27)29-20(28-16-9-14(23)8-15(24)10-16)30-19(33)12-4-3-5-13(22)7-12/h2,12-18,31H,1,3-11H2,(H2,28,29,30,33). The van der Waals surface area contributed by atoms with Gasteiger partial charge in [0.25, 0.3) is 0 Å². The van der Waals surface area contributed by atoms with Gasteiger partial charge in [0.15, 0.2) is 5.96 Å². The minimum Gasteiger partial charge on any atom is -0.353 e. The quantitative estimate of drug-likeness (QED) is 0.170. The Hall–Kier alpha value is -1.10. The fraction of sp³-hybridized carbons (Fsp3) is 0.810. The van der Waals surface area contributed by atoms with Crippen LogP contribution < -0.4 is 16.1 Å². The lowest BCUT2D eigenvalue weighted by Gasteiger charge is -2.31. The zero-order chi connectivity index (χ0) is 24.2. The van der Waals surface area contributed by atoms with E-state index in [0.717, 1.165) is 12.8 Å². The fourth-order valence-corrected chi connectivity index (χ4v) is 5.43. The van der Waals surface area contributed by atoms with Crippen molar-refractivity contribution in [3.05, 3.63) is 12.7 Å². The summed E-state index contributed by atoms with van der Waals surface area (Å²) in [6.45, 7) is 3.71. The van der Waals surface area contributed by atoms with E-state index in [0.29, 0.717) is 19.3 Å². The van der Waals surface area contributed by atoms with Gasteiger partial charge in [0, 0.05) is 35.7 Å². The summed E-state index contributed by atoms with van der Waals surface area (Å²) >= 11 is 12.4. The number of carbonyl (C=O) groups is 1. The van der Waals surface area contributed by atoms with Gasteiger partial charge in [-0.15, -0.1) is 29.8 Å². The van der Waals surface area contributed by atoms with E-state index in [4.69, 9.17) is 23.2 Å². The van der Waals surface area contributed by atoms with Gasteiger partial charge in [0.05, 0.1) is 0 Å². The molecule has 188 valence electrons. The van der Waals surface area contributed by atoms with Crippen molar-refractivity contribution in [1.82, 2.24) is 21.1 Å². The summed E-state index contributed by atoms with van der Waals surface area (Å²) in [7, 11) is 0. The Bertz CT molecular complexity index is 715. The van der Waals surface area contributed by atoms with Crippen LogP contribution in [0, 0.1) is 5.92 Å². The second-order valence-corrected chi connectivity index (χ2v) is 10.3. The number of nitrogens with zero attached hydrogens (tertiary/aromatic N) is 2. The third kappa shape index (κ3) is 7.70. The number of hydrogen-bond donors (Lipinski definition) is 3. The molecule has 0 aromatic rings. The molecule has 33 heavy (non-hydrogen) atoms. The largest absolute Gasteiger partial charge is 0.405 e. The van der Waals surface area contributed by atoms with Crippen LogP contribution in [0.15, 0.2) is 17.6 Å². The van der Waals surface area contributed by atoms with Gasteiger partial charge in [-0.3, -0.25) is 10.1 Å². The lowest BCUT2D eigenvalue weighted by molar-refractivity contribution is -0.156. The summed E-state index contributed by atoms with van der Waals surface area (Å²) in [4.78, 5) is 17.3. The number of aliphatic imine (C=N–C) groups is 1. The summed E-state index contributed by atoms with van der Waals surface area (Å²) in [6.07, 6.45) is -1.61. The molecule has 1 heterocycles. The van der Waals surface area contributed by atoms with Gasteiger partial charge in [0.2, 0.25) is 5.91 Å². The second-order valence-electron chi connectivity index (χ2n) is 9.05. The average Bonchev–Trinajstić information content (AvgIpc) is 3.10. The van der Waals surface area contributed by atoms with Crippen molar-refractivity contribution in [3.63, 3.8) is 0 Å². The maximum Gasteiger partial charge on any atom is 0.405 e. The van der Waals surface area contributed by atoms with Crippen LogP contribution in [0.1, 0.15) is 51.4 Å². The number of hydrazine groups is 1. The highest BCUT2D eigenvalue weighted by Crippen LogP contribution is 2.31. The monoisotopic (exact) mass is 515 g/mol. The van der Waals surface area contributed by atoms with E-state index >= 15 is 0 Å². The van der Waals surface area contributed by atoms with Crippen molar-refractivity contribution in [2.45, 2.75) is 92.7 Å². The normalized spacial score (nSPS) is 36.4. The highest BCUT2D eigenvalue weighted by molar-refractivity contribution is 6.21. The predicted octanol–water partition coefficient (Wildman–Crippen LogP) is 4.00. The van der Waals surface area contributed by atoms with E-state index in [1.54, 1.807) is 0 Å². The summed E-state index contributed by atoms with van der Waals surface area (Å²) in [5.74, 6) is -0.582. The van der Waals surface area contributed by atoms with E-state index in [2.05, 4.69) is 27.6 Å². The van der Waals surface area contributed by atoms with E-state index in [-0.39, 0.29) is 54.3 Å². The van der Waals surface area contributed by atoms with Crippen LogP contribution in [-0.4, -0.2) is 64.8 Å². The summed E-state index contributed by atoms with van der Waals surface area (Å²) < 4.78 is 54.0. The molecule has 3 rings (SSSR count). The Balaban J connectivity index is 1.79. The zero-order valence-corrected chi connectivity index (χ0v) is 19.8. The summed E-state index contributed by atoms with van der Waals surface area (Å²) in [5, 5.41) is 6.64. The minimum absolute atomic E-state index is 0.0309. The minimum atomic E-state index is -4.45. The molecule has 6 nitrogen and oxygen atoms in total. The van der Waals surface area contributed by atoms with Crippen molar-refractivity contribution in [2.24, 2.45) is 10.9 Å². The SMILES string of the molecule is C=CCN1NC(C(F)(F)F)CC1/N=C(\NC(=O)C1CCCC(Cl)C1)NC1CC(F)CC(Cl)C1. The van der Waals surface area contributed by atoms with Gasteiger partial charge >= 0.3 is 6.18 Å². The van der Waals surface area contributed by atoms with Crippen LogP contribution in [0.3, 0.4) is 0 Å². The number of carbonyl (C=O) groups excluding carboxylic acids is 1. The Kier molecular flexibility index (Phi) is 9.28. The number of rotatable bonds is 5. The molecule has 3 N–H and O–H groups in total. The lowest BCUT2D eigenvalue weighted by atomic mass is 9.88. The molecule has 12 heteroatoms. The maximum absolute atomic E-state index is 14.1. The molecule has 1 saturated heterocycles. The van der Waals surface area contributed by atoms with Crippen LogP contribution in [0.2, 0.25) is 0 Å². The molecule has 3 aliphatic rings. The van der Waals surface area contributed by atoms with Crippen LogP contribution in [-0.2, 0) is 4.79 Å². The topological polar surface area (TPSA) is 68.8 Å². The van der Waals surface area contributed by atoms with Crippen LogP contribution in [0.5, 0.6) is 0 Å². The molecule has 7 unspecified atom stereocenters. The molecule has 0 aromatic carbocycles. The van der Waals surface area contributed by atoms with Gasteiger partial charge in [-0.2, -0.15) is 13.2 Å². The van der Waals surface area contributed by atoms with Crippen molar-refractivity contribution in [2.75, 3.05) is 6.54 Å². The molecule has 2 saturated carbocycles. The van der Waals surface area contributed by atoms with Crippen LogP contribution >= 0.6 is 23.2 Å². The molecule has 3 fully saturated rings. The molecule has 0 bridgehead atoms.